The largest absolute Gasteiger partial charge is 0.490 e. The Hall–Kier alpha value is -2.72. The van der Waals surface area contributed by atoms with E-state index in [1.807, 2.05) is 0 Å². The summed E-state index contributed by atoms with van der Waals surface area (Å²) in [6, 6.07) is 11.8. The average Bonchev–Trinajstić information content (AvgIpc) is 2.69. The molecule has 0 heterocycles. The summed E-state index contributed by atoms with van der Waals surface area (Å²) in [7, 11) is 4.71. The predicted octanol–water partition coefficient (Wildman–Crippen LogP) is 4.25. The normalized spacial score (nSPS) is 10.3. The maximum Gasteiger partial charge on any atom is 0.311 e. The topological polar surface area (TPSA) is 102 Å². The number of hydrogen-bond acceptors (Lipinski definition) is 7. The second-order valence-electron chi connectivity index (χ2n) is 6.06. The standard InChI is InChI=1S/C19H21N3O5S2/c1-21(2)19(24)29-17-7-5-4-6-14(17)20-18(23)12-28-11-13-8-9-16(27-3)15(10-13)22(25)26/h4-10H,11-12H2,1-3H3,(H,20,23). The molecular formula is C19H21N3O5S2. The van der Waals surface area contributed by atoms with E-state index in [0.29, 0.717) is 16.3 Å². The lowest BCUT2D eigenvalue weighted by Crippen LogP contribution is -2.17. The van der Waals surface area contributed by atoms with Gasteiger partial charge in [0.25, 0.3) is 5.24 Å². The number of nitro benzene ring substituents is 1. The highest BCUT2D eigenvalue weighted by atomic mass is 32.2. The van der Waals surface area contributed by atoms with Crippen LogP contribution in [-0.4, -0.2) is 47.9 Å². The minimum absolute atomic E-state index is 0.105. The monoisotopic (exact) mass is 435 g/mol. The maximum absolute atomic E-state index is 12.3. The molecule has 0 saturated carbocycles. The Bertz CT molecular complexity index is 905. The fraction of sp³-hybridized carbons (Fsp3) is 0.263. The maximum atomic E-state index is 12.3. The van der Waals surface area contributed by atoms with Crippen LogP contribution in [0.5, 0.6) is 5.75 Å². The molecule has 2 aromatic carbocycles. The van der Waals surface area contributed by atoms with Gasteiger partial charge in [-0.3, -0.25) is 19.7 Å². The van der Waals surface area contributed by atoms with E-state index in [2.05, 4.69) is 5.32 Å². The zero-order valence-corrected chi connectivity index (χ0v) is 17.8. The molecule has 0 aromatic heterocycles. The number of methoxy groups -OCH3 is 1. The number of anilines is 1. The molecule has 10 heteroatoms. The first-order valence-electron chi connectivity index (χ1n) is 8.49. The van der Waals surface area contributed by atoms with Gasteiger partial charge in [0.05, 0.1) is 23.5 Å². The number of para-hydroxylation sites is 1. The van der Waals surface area contributed by atoms with Crippen LogP contribution in [0.1, 0.15) is 5.56 Å². The molecule has 0 aliphatic carbocycles. The molecule has 154 valence electrons. The molecule has 0 aliphatic rings. The van der Waals surface area contributed by atoms with Gasteiger partial charge in [0.1, 0.15) is 0 Å². The number of nitrogens with one attached hydrogen (secondary N) is 1. The van der Waals surface area contributed by atoms with Crippen LogP contribution in [0, 0.1) is 10.1 Å². The van der Waals surface area contributed by atoms with Crippen molar-refractivity contribution in [3.63, 3.8) is 0 Å². The molecule has 8 nitrogen and oxygen atoms in total. The predicted molar refractivity (Wildman–Crippen MR) is 116 cm³/mol. The van der Waals surface area contributed by atoms with Crippen molar-refractivity contribution in [2.24, 2.45) is 0 Å². The van der Waals surface area contributed by atoms with E-state index in [9.17, 15) is 19.7 Å². The summed E-state index contributed by atoms with van der Waals surface area (Å²) >= 11 is 2.37. The number of carbonyl (C=O) groups excluding carboxylic acids is 2. The second kappa shape index (κ2) is 10.7. The van der Waals surface area contributed by atoms with Crippen LogP contribution in [0.15, 0.2) is 47.4 Å². The minimum Gasteiger partial charge on any atom is -0.490 e. The molecule has 2 rings (SSSR count). The first-order valence-corrected chi connectivity index (χ1v) is 10.5. The number of ether oxygens (including phenoxy) is 1. The van der Waals surface area contributed by atoms with E-state index in [4.69, 9.17) is 4.74 Å². The lowest BCUT2D eigenvalue weighted by Gasteiger charge is -2.13. The third kappa shape index (κ3) is 6.68. The van der Waals surface area contributed by atoms with Crippen molar-refractivity contribution >= 4 is 46.0 Å². The summed E-state index contributed by atoms with van der Waals surface area (Å²) in [5.41, 5.74) is 1.19. The van der Waals surface area contributed by atoms with Crippen LogP contribution in [0.25, 0.3) is 0 Å². The van der Waals surface area contributed by atoms with Crippen molar-refractivity contribution in [2.45, 2.75) is 10.6 Å². The second-order valence-corrected chi connectivity index (χ2v) is 8.04. The highest BCUT2D eigenvalue weighted by Crippen LogP contribution is 2.30. The summed E-state index contributed by atoms with van der Waals surface area (Å²) < 4.78 is 4.98. The summed E-state index contributed by atoms with van der Waals surface area (Å²) in [5.74, 6) is 0.583. The number of carbonyl (C=O) groups is 2. The fourth-order valence-electron chi connectivity index (χ4n) is 2.26. The SMILES string of the molecule is COc1ccc(CSCC(=O)Nc2ccccc2SC(=O)N(C)C)cc1[N+](=O)[O-]. The molecular weight excluding hydrogens is 414 g/mol. The highest BCUT2D eigenvalue weighted by Gasteiger charge is 2.16. The van der Waals surface area contributed by atoms with Crippen molar-refractivity contribution in [3.8, 4) is 5.75 Å². The third-order valence-electron chi connectivity index (χ3n) is 3.67. The number of benzene rings is 2. The number of rotatable bonds is 8. The summed E-state index contributed by atoms with van der Waals surface area (Å²) in [5, 5.41) is 13.8. The molecule has 29 heavy (non-hydrogen) atoms. The first kappa shape index (κ1) is 22.6. The molecule has 0 bridgehead atoms. The van der Waals surface area contributed by atoms with Crippen molar-refractivity contribution in [1.82, 2.24) is 4.90 Å². The smallest absolute Gasteiger partial charge is 0.311 e. The Morgan fingerprint density at radius 2 is 1.93 bits per heavy atom. The van der Waals surface area contributed by atoms with Crippen molar-refractivity contribution in [2.75, 3.05) is 32.3 Å². The third-order valence-corrected chi connectivity index (χ3v) is 5.78. The van der Waals surface area contributed by atoms with Gasteiger partial charge in [0.2, 0.25) is 5.91 Å². The van der Waals surface area contributed by atoms with Crippen LogP contribution in [0.3, 0.4) is 0 Å². The number of thioether (sulfide) groups is 2. The lowest BCUT2D eigenvalue weighted by atomic mass is 10.2. The van der Waals surface area contributed by atoms with E-state index < -0.39 is 4.92 Å². The number of amides is 2. The molecule has 0 atom stereocenters. The van der Waals surface area contributed by atoms with E-state index in [1.54, 1.807) is 50.5 Å². The Labute approximate surface area is 177 Å². The Morgan fingerprint density at radius 3 is 2.59 bits per heavy atom. The molecule has 0 radical (unpaired) electrons. The van der Waals surface area contributed by atoms with Crippen molar-refractivity contribution in [1.29, 1.82) is 0 Å². The Kier molecular flexibility index (Phi) is 8.34. The van der Waals surface area contributed by atoms with Crippen LogP contribution in [-0.2, 0) is 10.5 Å². The van der Waals surface area contributed by atoms with E-state index >= 15 is 0 Å². The van der Waals surface area contributed by atoms with E-state index in [-0.39, 0.29) is 28.3 Å². The van der Waals surface area contributed by atoms with Gasteiger partial charge in [-0.1, -0.05) is 18.2 Å². The highest BCUT2D eigenvalue weighted by molar-refractivity contribution is 8.13. The summed E-state index contributed by atoms with van der Waals surface area (Å²) in [4.78, 5) is 36.9. The molecule has 0 spiro atoms. The van der Waals surface area contributed by atoms with E-state index in [0.717, 1.165) is 17.3 Å². The molecule has 2 aromatic rings. The molecule has 2 amide bonds. The Morgan fingerprint density at radius 1 is 1.21 bits per heavy atom. The zero-order valence-electron chi connectivity index (χ0n) is 16.2. The van der Waals surface area contributed by atoms with Gasteiger partial charge in [-0.05, 0) is 35.5 Å². The van der Waals surface area contributed by atoms with Gasteiger partial charge in [0, 0.05) is 30.8 Å². The van der Waals surface area contributed by atoms with Crippen molar-refractivity contribution in [3.05, 3.63) is 58.1 Å². The van der Waals surface area contributed by atoms with Gasteiger partial charge < -0.3 is 15.0 Å². The van der Waals surface area contributed by atoms with E-state index in [1.165, 1.54) is 29.8 Å². The first-order chi connectivity index (χ1) is 13.8. The van der Waals surface area contributed by atoms with Crippen LogP contribution in [0.4, 0.5) is 16.2 Å². The molecule has 0 unspecified atom stereocenters. The fourth-order valence-corrected chi connectivity index (χ4v) is 3.78. The van der Waals surface area contributed by atoms with Crippen LogP contribution in [0.2, 0.25) is 0 Å². The Balaban J connectivity index is 1.94. The number of nitrogens with zero attached hydrogens (tertiary/aromatic N) is 2. The van der Waals surface area contributed by atoms with Gasteiger partial charge >= 0.3 is 5.69 Å². The molecule has 0 saturated heterocycles. The molecule has 1 N–H and O–H groups in total. The zero-order chi connectivity index (χ0) is 21.4. The molecule has 0 aliphatic heterocycles. The van der Waals surface area contributed by atoms with Gasteiger partial charge in [-0.15, -0.1) is 11.8 Å². The molecule has 0 fully saturated rings. The quantitative estimate of drug-likeness (QED) is 0.376. The number of hydrogen-bond donors (Lipinski definition) is 1. The van der Waals surface area contributed by atoms with Gasteiger partial charge in [0.15, 0.2) is 5.75 Å². The minimum atomic E-state index is -0.497. The number of nitro groups is 1. The van der Waals surface area contributed by atoms with Gasteiger partial charge in [-0.25, -0.2) is 0 Å². The summed E-state index contributed by atoms with van der Waals surface area (Å²) in [6.07, 6.45) is 0. The van der Waals surface area contributed by atoms with Gasteiger partial charge in [-0.2, -0.15) is 0 Å². The van der Waals surface area contributed by atoms with Crippen LogP contribution >= 0.6 is 23.5 Å². The van der Waals surface area contributed by atoms with Crippen LogP contribution < -0.4 is 10.1 Å². The summed E-state index contributed by atoms with van der Waals surface area (Å²) in [6.45, 7) is 0. The average molecular weight is 436 g/mol. The lowest BCUT2D eigenvalue weighted by molar-refractivity contribution is -0.385. The van der Waals surface area contributed by atoms with Crippen molar-refractivity contribution < 1.29 is 19.2 Å².